The van der Waals surface area contributed by atoms with Gasteiger partial charge in [0, 0.05) is 45.0 Å². The van der Waals surface area contributed by atoms with Crippen molar-refractivity contribution in [3.05, 3.63) is 94.0 Å². The molecule has 1 aliphatic heterocycles. The van der Waals surface area contributed by atoms with Crippen LogP contribution in [0.4, 0.5) is 5.69 Å². The van der Waals surface area contributed by atoms with Gasteiger partial charge in [0.2, 0.25) is 15.9 Å². The number of carbonyl (C=O) groups excluding carboxylic acids is 1. The lowest BCUT2D eigenvalue weighted by atomic mass is 9.98. The van der Waals surface area contributed by atoms with Crippen LogP contribution in [-0.2, 0) is 26.3 Å². The molecule has 1 atom stereocenters. The fraction of sp³-hybridized carbons (Fsp3) is 0.269. The molecule has 1 N–H and O–H groups in total. The lowest BCUT2D eigenvalue weighted by molar-refractivity contribution is -0.120. The Bertz CT molecular complexity index is 1250. The highest BCUT2D eigenvalue weighted by atomic mass is 35.5. The zero-order valence-corrected chi connectivity index (χ0v) is 22.1. The largest absolute Gasteiger partial charge is 0.326 e. The van der Waals surface area contributed by atoms with Crippen LogP contribution in [0.25, 0.3) is 0 Å². The summed E-state index contributed by atoms with van der Waals surface area (Å²) in [5.41, 5.74) is 2.24. The summed E-state index contributed by atoms with van der Waals surface area (Å²) in [5, 5.41) is 3.58. The van der Waals surface area contributed by atoms with Gasteiger partial charge in [-0.2, -0.15) is 0 Å². The summed E-state index contributed by atoms with van der Waals surface area (Å²) in [7, 11) is -3.67. The van der Waals surface area contributed by atoms with Gasteiger partial charge in [0.15, 0.2) is 0 Å². The molecule has 1 heterocycles. The Labute approximate surface area is 220 Å². The highest BCUT2D eigenvalue weighted by Crippen LogP contribution is 2.29. The van der Waals surface area contributed by atoms with Crippen molar-refractivity contribution in [3.63, 3.8) is 0 Å². The summed E-state index contributed by atoms with van der Waals surface area (Å²) in [6, 6.07) is 22.9. The van der Waals surface area contributed by atoms with E-state index in [1.54, 1.807) is 30.0 Å². The van der Waals surface area contributed by atoms with Crippen molar-refractivity contribution in [2.75, 3.05) is 18.4 Å². The predicted octanol–water partition coefficient (Wildman–Crippen LogP) is 6.47. The van der Waals surface area contributed by atoms with E-state index in [9.17, 15) is 13.2 Å². The first kappa shape index (κ1) is 26.0. The second-order valence-electron chi connectivity index (χ2n) is 8.44. The Balaban J connectivity index is 1.34. The molecule has 9 heteroatoms. The number of piperidine rings is 1. The number of halogens is 2. The SMILES string of the molecule is O=C(Nc1ccc(CSc2ccccc2)cc1)[C@@H]1CCCN(S(=O)(=O)Cc2c(Cl)cccc2Cl)C1. The second kappa shape index (κ2) is 11.8. The van der Waals surface area contributed by atoms with Gasteiger partial charge in [-0.25, -0.2) is 12.7 Å². The number of amides is 1. The van der Waals surface area contributed by atoms with Crippen LogP contribution in [0.5, 0.6) is 0 Å². The maximum atomic E-state index is 13.1. The number of nitrogens with zero attached hydrogens (tertiary/aromatic N) is 1. The van der Waals surface area contributed by atoms with E-state index in [1.165, 1.54) is 9.20 Å². The van der Waals surface area contributed by atoms with Crippen LogP contribution in [0.15, 0.2) is 77.7 Å². The van der Waals surface area contributed by atoms with Crippen LogP contribution in [0, 0.1) is 5.92 Å². The molecule has 0 spiro atoms. The molecule has 1 saturated heterocycles. The van der Waals surface area contributed by atoms with Gasteiger partial charge in [0.05, 0.1) is 11.7 Å². The molecule has 0 saturated carbocycles. The zero-order valence-electron chi connectivity index (χ0n) is 19.0. The van der Waals surface area contributed by atoms with Crippen LogP contribution in [-0.4, -0.2) is 31.7 Å². The Morgan fingerprint density at radius 3 is 2.34 bits per heavy atom. The minimum absolute atomic E-state index is 0.141. The van der Waals surface area contributed by atoms with Crippen LogP contribution in [0.3, 0.4) is 0 Å². The van der Waals surface area contributed by atoms with Crippen molar-refractivity contribution in [1.82, 2.24) is 4.31 Å². The van der Waals surface area contributed by atoms with E-state index in [4.69, 9.17) is 23.2 Å². The van der Waals surface area contributed by atoms with Crippen LogP contribution in [0.2, 0.25) is 10.0 Å². The van der Waals surface area contributed by atoms with Crippen molar-refractivity contribution in [3.8, 4) is 0 Å². The number of hydrogen-bond acceptors (Lipinski definition) is 4. The fourth-order valence-electron chi connectivity index (χ4n) is 3.97. The summed E-state index contributed by atoms with van der Waals surface area (Å²) >= 11 is 14.1. The van der Waals surface area contributed by atoms with Crippen molar-refractivity contribution in [2.45, 2.75) is 29.2 Å². The molecule has 3 aromatic rings. The molecule has 3 aromatic carbocycles. The molecule has 4 rings (SSSR count). The smallest absolute Gasteiger partial charge is 0.228 e. The molecule has 0 radical (unpaired) electrons. The summed E-state index contributed by atoms with van der Waals surface area (Å²) in [4.78, 5) is 14.1. The average molecular weight is 550 g/mol. The Morgan fingerprint density at radius 2 is 1.66 bits per heavy atom. The van der Waals surface area contributed by atoms with Gasteiger partial charge in [-0.1, -0.05) is 59.6 Å². The first-order valence-corrected chi connectivity index (χ1v) is 14.7. The minimum Gasteiger partial charge on any atom is -0.326 e. The van der Waals surface area contributed by atoms with Gasteiger partial charge >= 0.3 is 0 Å². The molecule has 0 bridgehead atoms. The van der Waals surface area contributed by atoms with E-state index < -0.39 is 15.9 Å². The molecule has 0 aliphatic carbocycles. The molecule has 1 amide bonds. The molecular weight excluding hydrogens is 523 g/mol. The van der Waals surface area contributed by atoms with Gasteiger partial charge in [0.1, 0.15) is 0 Å². The van der Waals surface area contributed by atoms with E-state index in [2.05, 4.69) is 17.4 Å². The summed E-state index contributed by atoms with van der Waals surface area (Å²) in [6.07, 6.45) is 1.25. The Hall–Kier alpha value is -2.03. The van der Waals surface area contributed by atoms with Crippen molar-refractivity contribution < 1.29 is 13.2 Å². The van der Waals surface area contributed by atoms with E-state index in [-0.39, 0.29) is 18.2 Å². The predicted molar refractivity (Wildman–Crippen MR) is 144 cm³/mol. The first-order chi connectivity index (χ1) is 16.8. The van der Waals surface area contributed by atoms with Crippen molar-refractivity contribution in [2.24, 2.45) is 5.92 Å². The number of anilines is 1. The van der Waals surface area contributed by atoms with E-state index in [0.717, 1.165) is 11.3 Å². The Kier molecular flexibility index (Phi) is 8.78. The second-order valence-corrected chi connectivity index (χ2v) is 12.3. The van der Waals surface area contributed by atoms with Crippen molar-refractivity contribution in [1.29, 1.82) is 0 Å². The summed E-state index contributed by atoms with van der Waals surface area (Å²) in [6.45, 7) is 0.518. The van der Waals surface area contributed by atoms with Crippen LogP contribution in [0.1, 0.15) is 24.0 Å². The number of thioether (sulfide) groups is 1. The maximum absolute atomic E-state index is 13.1. The molecule has 1 fully saturated rings. The van der Waals surface area contributed by atoms with E-state index in [1.807, 2.05) is 42.5 Å². The molecular formula is C26H26Cl2N2O3S2. The lowest BCUT2D eigenvalue weighted by Crippen LogP contribution is -2.44. The molecule has 0 aromatic heterocycles. The van der Waals surface area contributed by atoms with Gasteiger partial charge in [-0.3, -0.25) is 4.79 Å². The van der Waals surface area contributed by atoms with E-state index in [0.29, 0.717) is 40.7 Å². The summed E-state index contributed by atoms with van der Waals surface area (Å²) < 4.78 is 27.5. The minimum atomic E-state index is -3.67. The first-order valence-electron chi connectivity index (χ1n) is 11.3. The van der Waals surface area contributed by atoms with Gasteiger partial charge in [0.25, 0.3) is 0 Å². The third-order valence-electron chi connectivity index (χ3n) is 5.91. The molecule has 184 valence electrons. The van der Waals surface area contributed by atoms with Gasteiger partial charge < -0.3 is 5.32 Å². The highest BCUT2D eigenvalue weighted by molar-refractivity contribution is 7.98. The quantitative estimate of drug-likeness (QED) is 0.327. The number of hydrogen-bond donors (Lipinski definition) is 1. The zero-order chi connectivity index (χ0) is 24.8. The third-order valence-corrected chi connectivity index (χ3v) is 9.47. The standard InChI is InChI=1S/C26H26Cl2N2O3S2/c27-24-9-4-10-25(28)23(24)18-35(32,33)30-15-5-6-20(16-30)26(31)29-21-13-11-19(12-14-21)17-34-22-7-2-1-3-8-22/h1-4,7-14,20H,5-6,15-18H2,(H,29,31)/t20-/m1/s1. The monoisotopic (exact) mass is 548 g/mol. The number of sulfonamides is 1. The molecule has 5 nitrogen and oxygen atoms in total. The van der Waals surface area contributed by atoms with Gasteiger partial charge in [-0.15, -0.1) is 11.8 Å². The summed E-state index contributed by atoms with van der Waals surface area (Å²) in [5.74, 6) is -0.0496. The van der Waals surface area contributed by atoms with Crippen LogP contribution < -0.4 is 5.32 Å². The molecule has 0 unspecified atom stereocenters. The normalized spacial score (nSPS) is 16.7. The Morgan fingerprint density at radius 1 is 0.971 bits per heavy atom. The third kappa shape index (κ3) is 7.02. The maximum Gasteiger partial charge on any atom is 0.228 e. The van der Waals surface area contributed by atoms with E-state index >= 15 is 0 Å². The van der Waals surface area contributed by atoms with Crippen LogP contribution >= 0.6 is 35.0 Å². The number of nitrogens with one attached hydrogen (secondary N) is 1. The topological polar surface area (TPSA) is 66.5 Å². The lowest BCUT2D eigenvalue weighted by Gasteiger charge is -2.31. The fourth-order valence-corrected chi connectivity index (χ4v) is 7.20. The number of carbonyl (C=O) groups is 1. The average Bonchev–Trinajstić information content (AvgIpc) is 2.87. The highest BCUT2D eigenvalue weighted by Gasteiger charge is 2.33. The number of benzene rings is 3. The number of rotatable bonds is 8. The molecule has 1 aliphatic rings. The van der Waals surface area contributed by atoms with Gasteiger partial charge in [-0.05, 0) is 54.8 Å². The molecule has 35 heavy (non-hydrogen) atoms. The van der Waals surface area contributed by atoms with Crippen molar-refractivity contribution >= 4 is 56.6 Å².